The van der Waals surface area contributed by atoms with Crippen molar-refractivity contribution in [1.82, 2.24) is 0 Å². The summed E-state index contributed by atoms with van der Waals surface area (Å²) in [6, 6.07) is 0. The SMILES string of the molecule is C=C.CC/C(C)=C\C(CC(C)CC)=C(\C)CF. The van der Waals surface area contributed by atoms with Gasteiger partial charge in [-0.1, -0.05) is 38.8 Å². The molecular formula is C16H29F. The van der Waals surface area contributed by atoms with E-state index in [2.05, 4.69) is 46.9 Å². The van der Waals surface area contributed by atoms with Crippen LogP contribution in [0.5, 0.6) is 0 Å². The lowest BCUT2D eigenvalue weighted by Gasteiger charge is -2.12. The fraction of sp³-hybridized carbons (Fsp3) is 0.625. The van der Waals surface area contributed by atoms with Gasteiger partial charge in [-0.15, -0.1) is 13.2 Å². The molecule has 0 saturated carbocycles. The molecule has 0 aromatic rings. The Labute approximate surface area is 107 Å². The maximum absolute atomic E-state index is 12.7. The third kappa shape index (κ3) is 8.91. The van der Waals surface area contributed by atoms with Crippen molar-refractivity contribution in [3.05, 3.63) is 36.0 Å². The van der Waals surface area contributed by atoms with Crippen LogP contribution in [0, 0.1) is 5.92 Å². The van der Waals surface area contributed by atoms with E-state index in [1.165, 1.54) is 11.1 Å². The summed E-state index contributed by atoms with van der Waals surface area (Å²) in [5.41, 5.74) is 3.43. The molecule has 0 nitrogen and oxygen atoms in total. The highest BCUT2D eigenvalue weighted by Crippen LogP contribution is 2.21. The lowest BCUT2D eigenvalue weighted by atomic mass is 9.94. The van der Waals surface area contributed by atoms with Crippen LogP contribution in [0.1, 0.15) is 53.9 Å². The van der Waals surface area contributed by atoms with Crippen molar-refractivity contribution >= 4 is 0 Å². The quantitative estimate of drug-likeness (QED) is 0.402. The summed E-state index contributed by atoms with van der Waals surface area (Å²) in [5.74, 6) is 0.641. The Kier molecular flexibility index (Phi) is 12.7. The molecule has 0 heterocycles. The topological polar surface area (TPSA) is 0 Å². The second kappa shape index (κ2) is 11.6. The highest BCUT2D eigenvalue weighted by Gasteiger charge is 2.05. The van der Waals surface area contributed by atoms with Crippen LogP contribution >= 0.6 is 0 Å². The highest BCUT2D eigenvalue weighted by molar-refractivity contribution is 5.28. The van der Waals surface area contributed by atoms with Crippen molar-refractivity contribution in [2.24, 2.45) is 5.92 Å². The molecule has 1 atom stereocenters. The van der Waals surface area contributed by atoms with Crippen molar-refractivity contribution in [1.29, 1.82) is 0 Å². The molecule has 0 aromatic heterocycles. The summed E-state index contributed by atoms with van der Waals surface area (Å²) in [6.07, 6.45) is 5.37. The third-order valence-corrected chi connectivity index (χ3v) is 2.99. The fourth-order valence-electron chi connectivity index (χ4n) is 1.36. The largest absolute Gasteiger partial charge is 0.246 e. The minimum atomic E-state index is -0.320. The molecule has 0 aliphatic heterocycles. The highest BCUT2D eigenvalue weighted by atomic mass is 19.1. The molecule has 0 spiro atoms. The number of hydrogen-bond acceptors (Lipinski definition) is 0. The number of rotatable bonds is 6. The predicted octanol–water partition coefficient (Wildman–Crippen LogP) is 5.87. The van der Waals surface area contributed by atoms with Crippen molar-refractivity contribution in [3.63, 3.8) is 0 Å². The standard InChI is InChI=1S/C14H25F.C2H4/c1-6-11(3)8-14(13(5)10-15)9-12(4)7-2;1-2/h8,12H,6-7,9-10H2,1-5H3;1-2H2/b11-8-,14-13+;. The van der Waals surface area contributed by atoms with E-state index >= 15 is 0 Å². The normalized spacial score (nSPS) is 14.6. The number of halogens is 1. The van der Waals surface area contributed by atoms with E-state index in [0.29, 0.717) is 5.92 Å². The Morgan fingerprint density at radius 2 is 1.76 bits per heavy atom. The van der Waals surface area contributed by atoms with E-state index in [-0.39, 0.29) is 6.67 Å². The maximum atomic E-state index is 12.7. The van der Waals surface area contributed by atoms with Crippen LogP contribution in [0.25, 0.3) is 0 Å². The molecule has 0 saturated heterocycles. The summed E-state index contributed by atoms with van der Waals surface area (Å²) >= 11 is 0. The summed E-state index contributed by atoms with van der Waals surface area (Å²) in [7, 11) is 0. The summed E-state index contributed by atoms with van der Waals surface area (Å²) in [4.78, 5) is 0. The summed E-state index contributed by atoms with van der Waals surface area (Å²) in [6.45, 7) is 16.2. The van der Waals surface area contributed by atoms with Gasteiger partial charge < -0.3 is 0 Å². The van der Waals surface area contributed by atoms with Gasteiger partial charge in [0.15, 0.2) is 0 Å². The molecular weight excluding hydrogens is 211 g/mol. The van der Waals surface area contributed by atoms with Gasteiger partial charge in [-0.05, 0) is 43.8 Å². The van der Waals surface area contributed by atoms with Crippen LogP contribution in [-0.4, -0.2) is 6.67 Å². The fourth-order valence-corrected chi connectivity index (χ4v) is 1.36. The van der Waals surface area contributed by atoms with Crippen molar-refractivity contribution in [2.45, 2.75) is 53.9 Å². The molecule has 0 radical (unpaired) electrons. The van der Waals surface area contributed by atoms with Gasteiger partial charge in [0.05, 0.1) is 0 Å². The van der Waals surface area contributed by atoms with Gasteiger partial charge in [0.2, 0.25) is 0 Å². The minimum Gasteiger partial charge on any atom is -0.246 e. The van der Waals surface area contributed by atoms with E-state index in [9.17, 15) is 4.39 Å². The second-order valence-electron chi connectivity index (χ2n) is 4.50. The first-order chi connectivity index (χ1) is 8.04. The maximum Gasteiger partial charge on any atom is 0.111 e. The molecule has 0 amide bonds. The molecule has 0 aliphatic carbocycles. The number of hydrogen-bond donors (Lipinski definition) is 0. The van der Waals surface area contributed by atoms with Gasteiger partial charge in [-0.3, -0.25) is 0 Å². The average Bonchev–Trinajstić information content (AvgIpc) is 2.38. The van der Waals surface area contributed by atoms with Gasteiger partial charge in [0, 0.05) is 0 Å². The van der Waals surface area contributed by atoms with Crippen LogP contribution in [0.3, 0.4) is 0 Å². The number of allylic oxidation sites excluding steroid dienone is 4. The van der Waals surface area contributed by atoms with E-state index < -0.39 is 0 Å². The smallest absolute Gasteiger partial charge is 0.111 e. The lowest BCUT2D eigenvalue weighted by Crippen LogP contribution is -1.98. The monoisotopic (exact) mass is 240 g/mol. The molecule has 17 heavy (non-hydrogen) atoms. The first-order valence-electron chi connectivity index (χ1n) is 6.46. The minimum absolute atomic E-state index is 0.320. The van der Waals surface area contributed by atoms with E-state index in [4.69, 9.17) is 0 Å². The van der Waals surface area contributed by atoms with E-state index in [1.807, 2.05) is 6.92 Å². The average molecular weight is 240 g/mol. The lowest BCUT2D eigenvalue weighted by molar-refractivity contribution is 0.526. The Bertz CT molecular complexity index is 248. The van der Waals surface area contributed by atoms with Gasteiger partial charge in [-0.25, -0.2) is 4.39 Å². The van der Waals surface area contributed by atoms with Crippen LogP contribution in [0.4, 0.5) is 4.39 Å². The van der Waals surface area contributed by atoms with Gasteiger partial charge in [-0.2, -0.15) is 0 Å². The molecule has 100 valence electrons. The Morgan fingerprint density at radius 1 is 1.24 bits per heavy atom. The van der Waals surface area contributed by atoms with Crippen LogP contribution < -0.4 is 0 Å². The molecule has 0 aliphatic rings. The molecule has 1 unspecified atom stereocenters. The van der Waals surface area contributed by atoms with Crippen molar-refractivity contribution < 1.29 is 4.39 Å². The Balaban J connectivity index is 0. The van der Waals surface area contributed by atoms with Crippen LogP contribution in [0.15, 0.2) is 36.0 Å². The summed E-state index contributed by atoms with van der Waals surface area (Å²) < 4.78 is 12.7. The zero-order chi connectivity index (χ0) is 13.8. The Morgan fingerprint density at radius 3 is 2.12 bits per heavy atom. The number of alkyl halides is 1. The zero-order valence-electron chi connectivity index (χ0n) is 12.3. The summed E-state index contributed by atoms with van der Waals surface area (Å²) in [5, 5.41) is 0. The van der Waals surface area contributed by atoms with Gasteiger partial charge in [0.1, 0.15) is 6.67 Å². The van der Waals surface area contributed by atoms with Gasteiger partial charge >= 0.3 is 0 Å². The third-order valence-electron chi connectivity index (χ3n) is 2.99. The molecule has 1 heteroatoms. The Hall–Kier alpha value is -0.850. The molecule has 0 aromatic carbocycles. The van der Waals surface area contributed by atoms with E-state index in [0.717, 1.165) is 24.8 Å². The van der Waals surface area contributed by atoms with Crippen LogP contribution in [0.2, 0.25) is 0 Å². The molecule has 0 fully saturated rings. The molecule has 0 rings (SSSR count). The van der Waals surface area contributed by atoms with E-state index in [1.54, 1.807) is 0 Å². The first-order valence-corrected chi connectivity index (χ1v) is 6.46. The molecule has 0 N–H and O–H groups in total. The zero-order valence-corrected chi connectivity index (χ0v) is 12.3. The first kappa shape index (κ1) is 18.5. The van der Waals surface area contributed by atoms with Crippen molar-refractivity contribution in [2.75, 3.05) is 6.67 Å². The van der Waals surface area contributed by atoms with Crippen LogP contribution in [-0.2, 0) is 0 Å². The van der Waals surface area contributed by atoms with Crippen molar-refractivity contribution in [3.8, 4) is 0 Å². The molecule has 0 bridgehead atoms. The predicted molar refractivity (Wildman–Crippen MR) is 78.0 cm³/mol. The second-order valence-corrected chi connectivity index (χ2v) is 4.50. The van der Waals surface area contributed by atoms with Gasteiger partial charge in [0.25, 0.3) is 0 Å².